The lowest BCUT2D eigenvalue weighted by Crippen LogP contribution is -2.33. The van der Waals surface area contributed by atoms with Gasteiger partial charge in [-0.05, 0) is 42.3 Å². The van der Waals surface area contributed by atoms with E-state index in [-0.39, 0.29) is 57.4 Å². The number of anilines is 3. The summed E-state index contributed by atoms with van der Waals surface area (Å²) in [6.45, 7) is -0.435. The molecule has 0 radical (unpaired) electrons. The van der Waals surface area contributed by atoms with Gasteiger partial charge < -0.3 is 37.8 Å². The summed E-state index contributed by atoms with van der Waals surface area (Å²) in [6.07, 6.45) is -0.114. The number of carbonyl (C=O) groups excluding carboxylic acids is 2. The maximum Gasteiger partial charge on any atom is 0.303 e. The summed E-state index contributed by atoms with van der Waals surface area (Å²) in [5, 5.41) is 34.1. The van der Waals surface area contributed by atoms with Gasteiger partial charge in [-0.1, -0.05) is 23.2 Å². The first-order valence-corrected chi connectivity index (χ1v) is 10.3. The number of nitrogens with one attached hydrogen (secondary N) is 6. The molecular formula is C20H22Cl2N8O4. The molecule has 0 aliphatic rings. The number of nitrogens with two attached hydrogens (primary N) is 2. The van der Waals surface area contributed by atoms with Crippen LogP contribution in [0.4, 0.5) is 17.1 Å². The average Bonchev–Trinajstić information content (AvgIpc) is 2.71. The van der Waals surface area contributed by atoms with Crippen LogP contribution in [0.1, 0.15) is 22.3 Å². The van der Waals surface area contributed by atoms with Crippen LogP contribution in [0.5, 0.6) is 0 Å². The van der Waals surface area contributed by atoms with E-state index < -0.39 is 24.3 Å². The van der Waals surface area contributed by atoms with E-state index in [0.29, 0.717) is 5.56 Å². The van der Waals surface area contributed by atoms with Gasteiger partial charge in [0.2, 0.25) is 5.91 Å². The van der Waals surface area contributed by atoms with E-state index in [1.54, 1.807) is 0 Å². The van der Waals surface area contributed by atoms with Gasteiger partial charge in [0, 0.05) is 28.4 Å². The highest BCUT2D eigenvalue weighted by atomic mass is 35.5. The van der Waals surface area contributed by atoms with E-state index in [1.165, 1.54) is 30.3 Å². The zero-order valence-corrected chi connectivity index (χ0v) is 19.1. The summed E-state index contributed by atoms with van der Waals surface area (Å²) >= 11 is 12.1. The number of hydrogen-bond acceptors (Lipinski definition) is 5. The minimum Gasteiger partial charge on any atom is -0.481 e. The number of guanidine groups is 2. The van der Waals surface area contributed by atoms with E-state index in [9.17, 15) is 14.4 Å². The molecule has 0 bridgehead atoms. The van der Waals surface area contributed by atoms with Crippen LogP contribution in [0.2, 0.25) is 10.0 Å². The Morgan fingerprint density at radius 3 is 2.03 bits per heavy atom. The van der Waals surface area contributed by atoms with Crippen LogP contribution in [0.25, 0.3) is 0 Å². The Morgan fingerprint density at radius 1 is 0.912 bits per heavy atom. The van der Waals surface area contributed by atoms with Crippen LogP contribution in [0.15, 0.2) is 30.3 Å². The molecule has 2 rings (SSSR count). The van der Waals surface area contributed by atoms with Gasteiger partial charge >= 0.3 is 5.97 Å². The fraction of sp³-hybridized carbons (Fsp3) is 0.150. The highest BCUT2D eigenvalue weighted by Crippen LogP contribution is 2.31. The predicted octanol–water partition coefficient (Wildman–Crippen LogP) is 1.99. The van der Waals surface area contributed by atoms with Gasteiger partial charge in [0.1, 0.15) is 0 Å². The number of carbonyl (C=O) groups is 3. The number of rotatable bonds is 9. The van der Waals surface area contributed by atoms with Crippen LogP contribution in [-0.4, -0.2) is 41.4 Å². The largest absolute Gasteiger partial charge is 0.481 e. The lowest BCUT2D eigenvalue weighted by Gasteiger charge is -2.14. The summed E-state index contributed by atoms with van der Waals surface area (Å²) in [4.78, 5) is 36.0. The second-order valence-electron chi connectivity index (χ2n) is 6.92. The van der Waals surface area contributed by atoms with Crippen molar-refractivity contribution in [2.45, 2.75) is 12.8 Å². The quantitative estimate of drug-likeness (QED) is 0.179. The minimum absolute atomic E-state index is 0.0828. The number of carboxylic acid groups (broad SMARTS) is 1. The number of aryl methyl sites for hydroxylation is 1. The van der Waals surface area contributed by atoms with E-state index in [1.807, 2.05) is 0 Å². The number of aliphatic carboxylic acids is 1. The SMILES string of the molecule is N=C(N)Nc1cc(NC(=N)N)cc(C(=O)NCC(=O)Nc2c(Cl)cc(Cl)cc2CCC(=O)O)c1. The predicted molar refractivity (Wildman–Crippen MR) is 131 cm³/mol. The molecule has 0 saturated carbocycles. The van der Waals surface area contributed by atoms with Crippen LogP contribution in [-0.2, 0) is 16.0 Å². The lowest BCUT2D eigenvalue weighted by molar-refractivity contribution is -0.137. The van der Waals surface area contributed by atoms with Gasteiger partial charge in [-0.25, -0.2) is 0 Å². The molecule has 0 aliphatic heterocycles. The van der Waals surface area contributed by atoms with Crippen LogP contribution < -0.4 is 32.7 Å². The molecule has 180 valence electrons. The van der Waals surface area contributed by atoms with E-state index in [2.05, 4.69) is 21.3 Å². The summed E-state index contributed by atoms with van der Waals surface area (Å²) in [5.74, 6) is -3.02. The van der Waals surface area contributed by atoms with Crippen LogP contribution in [0, 0.1) is 10.8 Å². The molecule has 2 aromatic carbocycles. The third-order valence-corrected chi connectivity index (χ3v) is 4.69. The van der Waals surface area contributed by atoms with Gasteiger partial charge in [-0.15, -0.1) is 0 Å². The molecule has 2 aromatic rings. The lowest BCUT2D eigenvalue weighted by atomic mass is 10.1. The summed E-state index contributed by atoms with van der Waals surface area (Å²) in [5.41, 5.74) is 11.9. The fourth-order valence-electron chi connectivity index (χ4n) is 2.87. The standard InChI is InChI=1S/C20H22Cl2N8O4/c21-11-3-9(1-2-16(32)33)17(14(22)6-11)30-15(31)8-27-18(34)10-4-12(28-19(23)24)7-13(5-10)29-20(25)26/h3-7H,1-2,8H2,(H,27,34)(H,30,31)(H,32,33)(H4,23,24,28)(H4,25,26,29). The fourth-order valence-corrected chi connectivity index (χ4v) is 3.45. The Hall–Kier alpha value is -4.03. The summed E-state index contributed by atoms with van der Waals surface area (Å²) in [7, 11) is 0. The molecule has 0 aromatic heterocycles. The first-order chi connectivity index (χ1) is 15.9. The Bertz CT molecular complexity index is 1120. The van der Waals surface area contributed by atoms with Crippen LogP contribution in [0.3, 0.4) is 0 Å². The Balaban J connectivity index is 2.13. The third-order valence-electron chi connectivity index (χ3n) is 4.17. The number of halogens is 2. The summed E-state index contributed by atoms with van der Waals surface area (Å²) in [6, 6.07) is 7.16. The Kier molecular flexibility index (Phi) is 9.04. The first kappa shape index (κ1) is 26.2. The maximum atomic E-state index is 12.6. The van der Waals surface area contributed by atoms with E-state index in [0.717, 1.165) is 0 Å². The number of amides is 2. The molecule has 34 heavy (non-hydrogen) atoms. The topological polar surface area (TPSA) is 219 Å². The second-order valence-corrected chi connectivity index (χ2v) is 7.77. The maximum absolute atomic E-state index is 12.6. The average molecular weight is 509 g/mol. The van der Waals surface area contributed by atoms with Crippen molar-refractivity contribution in [2.75, 3.05) is 22.5 Å². The van der Waals surface area contributed by atoms with Gasteiger partial charge in [0.25, 0.3) is 5.91 Å². The number of hydrogen-bond donors (Lipinski definition) is 9. The first-order valence-electron chi connectivity index (χ1n) is 9.59. The molecule has 0 spiro atoms. The molecule has 2 amide bonds. The van der Waals surface area contributed by atoms with Crippen molar-refractivity contribution in [3.63, 3.8) is 0 Å². The molecular weight excluding hydrogens is 487 g/mol. The van der Waals surface area contributed by atoms with Gasteiger partial charge in [0.15, 0.2) is 11.9 Å². The molecule has 14 heteroatoms. The Morgan fingerprint density at radius 2 is 1.50 bits per heavy atom. The molecule has 0 aliphatic carbocycles. The monoisotopic (exact) mass is 508 g/mol. The van der Waals surface area contributed by atoms with Crippen molar-refractivity contribution in [1.82, 2.24) is 5.32 Å². The van der Waals surface area contributed by atoms with Crippen molar-refractivity contribution in [3.8, 4) is 0 Å². The van der Waals surface area contributed by atoms with E-state index >= 15 is 0 Å². The molecule has 12 nitrogen and oxygen atoms in total. The van der Waals surface area contributed by atoms with E-state index in [4.69, 9.17) is 50.6 Å². The molecule has 0 fully saturated rings. The van der Waals surface area contributed by atoms with Crippen molar-refractivity contribution in [3.05, 3.63) is 51.5 Å². The molecule has 11 N–H and O–H groups in total. The van der Waals surface area contributed by atoms with Crippen LogP contribution >= 0.6 is 23.2 Å². The second kappa shape index (κ2) is 11.7. The highest BCUT2D eigenvalue weighted by Gasteiger charge is 2.16. The molecule has 0 saturated heterocycles. The van der Waals surface area contributed by atoms with Crippen molar-refractivity contribution in [1.29, 1.82) is 10.8 Å². The zero-order chi connectivity index (χ0) is 25.4. The molecule has 0 unspecified atom stereocenters. The zero-order valence-electron chi connectivity index (χ0n) is 17.6. The van der Waals surface area contributed by atoms with Gasteiger partial charge in [-0.3, -0.25) is 25.2 Å². The minimum atomic E-state index is -1.03. The number of benzene rings is 2. The van der Waals surface area contributed by atoms with Gasteiger partial charge in [-0.2, -0.15) is 0 Å². The smallest absolute Gasteiger partial charge is 0.303 e. The molecule has 0 atom stereocenters. The van der Waals surface area contributed by atoms with Crippen molar-refractivity contribution in [2.24, 2.45) is 11.5 Å². The van der Waals surface area contributed by atoms with Crippen molar-refractivity contribution >= 4 is 70.0 Å². The third kappa shape index (κ3) is 8.15. The van der Waals surface area contributed by atoms with Crippen molar-refractivity contribution < 1.29 is 19.5 Å². The van der Waals surface area contributed by atoms with Gasteiger partial charge in [0.05, 0.1) is 17.3 Å². The number of carboxylic acids is 1. The molecule has 0 heterocycles. The summed E-state index contributed by atoms with van der Waals surface area (Å²) < 4.78 is 0. The highest BCUT2D eigenvalue weighted by molar-refractivity contribution is 6.37. The Labute approximate surface area is 204 Å². The normalized spacial score (nSPS) is 10.2.